The highest BCUT2D eigenvalue weighted by atomic mass is 35.5. The predicted molar refractivity (Wildman–Crippen MR) is 72.0 cm³/mol. The van der Waals surface area contributed by atoms with Gasteiger partial charge in [-0.05, 0) is 19.3 Å². The first-order valence-corrected chi connectivity index (χ1v) is 6.73. The molecule has 0 unspecified atom stereocenters. The van der Waals surface area contributed by atoms with Crippen LogP contribution in [-0.4, -0.2) is 22.2 Å². The summed E-state index contributed by atoms with van der Waals surface area (Å²) in [7, 11) is 0. The first kappa shape index (κ1) is 14.4. The van der Waals surface area contributed by atoms with Crippen molar-refractivity contribution < 1.29 is 14.8 Å². The van der Waals surface area contributed by atoms with Gasteiger partial charge in [0.15, 0.2) is 5.75 Å². The molecular formula is C12H13Cl2NO4. The Balaban J connectivity index is 2.27. The summed E-state index contributed by atoms with van der Waals surface area (Å²) in [4.78, 5) is 10.4. The molecule has 0 aromatic heterocycles. The number of aliphatic hydroxyl groups is 1. The summed E-state index contributed by atoms with van der Waals surface area (Å²) in [5.41, 5.74) is -0.243. The number of ether oxygens (including phenoxy) is 1. The van der Waals surface area contributed by atoms with Gasteiger partial charge in [-0.2, -0.15) is 0 Å². The van der Waals surface area contributed by atoms with Crippen molar-refractivity contribution in [2.75, 3.05) is 0 Å². The van der Waals surface area contributed by atoms with Crippen LogP contribution in [0, 0.1) is 10.1 Å². The standard InChI is InChI=1S/C12H13Cl2NO4/c13-7-5-9(15(17)18)12(6-8(7)14)19-11-4-2-1-3-10(11)16/h5-6,10-11,16H,1-4H2/t10-,11-/m1/s1. The molecule has 2 rings (SSSR count). The summed E-state index contributed by atoms with van der Waals surface area (Å²) in [6.45, 7) is 0. The molecule has 19 heavy (non-hydrogen) atoms. The van der Waals surface area contributed by atoms with E-state index in [0.29, 0.717) is 12.8 Å². The van der Waals surface area contributed by atoms with Crippen LogP contribution in [0.4, 0.5) is 5.69 Å². The molecular weight excluding hydrogens is 293 g/mol. The van der Waals surface area contributed by atoms with Gasteiger partial charge in [0, 0.05) is 12.1 Å². The highest BCUT2D eigenvalue weighted by molar-refractivity contribution is 6.42. The Morgan fingerprint density at radius 1 is 1.26 bits per heavy atom. The smallest absolute Gasteiger partial charge is 0.312 e. The molecule has 0 aliphatic heterocycles. The number of nitro benzene ring substituents is 1. The summed E-state index contributed by atoms with van der Waals surface area (Å²) < 4.78 is 5.56. The molecule has 1 fully saturated rings. The Hall–Kier alpha value is -1.04. The average molecular weight is 306 g/mol. The lowest BCUT2D eigenvalue weighted by molar-refractivity contribution is -0.386. The van der Waals surface area contributed by atoms with Gasteiger partial charge in [-0.1, -0.05) is 29.6 Å². The van der Waals surface area contributed by atoms with Crippen molar-refractivity contribution in [3.8, 4) is 5.75 Å². The van der Waals surface area contributed by atoms with Crippen LogP contribution < -0.4 is 4.74 Å². The van der Waals surface area contributed by atoms with E-state index in [1.807, 2.05) is 0 Å². The van der Waals surface area contributed by atoms with E-state index in [4.69, 9.17) is 27.9 Å². The van der Waals surface area contributed by atoms with E-state index in [1.165, 1.54) is 6.07 Å². The molecule has 104 valence electrons. The van der Waals surface area contributed by atoms with Crippen LogP contribution in [0.15, 0.2) is 12.1 Å². The zero-order valence-corrected chi connectivity index (χ0v) is 11.5. The van der Waals surface area contributed by atoms with Gasteiger partial charge in [0.25, 0.3) is 0 Å². The number of benzene rings is 1. The first-order chi connectivity index (χ1) is 8.99. The number of hydrogen-bond donors (Lipinski definition) is 1. The van der Waals surface area contributed by atoms with Crippen molar-refractivity contribution in [2.24, 2.45) is 0 Å². The number of nitrogens with zero attached hydrogens (tertiary/aromatic N) is 1. The summed E-state index contributed by atoms with van der Waals surface area (Å²) in [5, 5.41) is 21.1. The molecule has 5 nitrogen and oxygen atoms in total. The molecule has 1 N–H and O–H groups in total. The quantitative estimate of drug-likeness (QED) is 0.684. The average Bonchev–Trinajstić information content (AvgIpc) is 2.36. The van der Waals surface area contributed by atoms with Crippen molar-refractivity contribution in [3.63, 3.8) is 0 Å². The maximum absolute atomic E-state index is 11.0. The first-order valence-electron chi connectivity index (χ1n) is 5.97. The Morgan fingerprint density at radius 3 is 2.53 bits per heavy atom. The van der Waals surface area contributed by atoms with Gasteiger partial charge < -0.3 is 9.84 Å². The summed E-state index contributed by atoms with van der Waals surface area (Å²) in [5.74, 6) is 0.0466. The lowest BCUT2D eigenvalue weighted by Crippen LogP contribution is -2.34. The van der Waals surface area contributed by atoms with Gasteiger partial charge in [-0.25, -0.2) is 0 Å². The SMILES string of the molecule is O=[N+]([O-])c1cc(Cl)c(Cl)cc1O[C@@H]1CCCC[C@H]1O. The van der Waals surface area contributed by atoms with E-state index >= 15 is 0 Å². The molecule has 0 heterocycles. The Morgan fingerprint density at radius 2 is 1.89 bits per heavy atom. The molecule has 1 aromatic carbocycles. The minimum Gasteiger partial charge on any atom is -0.481 e. The predicted octanol–water partition coefficient (Wildman–Crippen LogP) is 3.58. The second kappa shape index (κ2) is 5.94. The van der Waals surface area contributed by atoms with E-state index in [9.17, 15) is 15.2 Å². The molecule has 1 aromatic rings. The minimum atomic E-state index is -0.609. The minimum absolute atomic E-state index is 0.0466. The normalized spacial score (nSPS) is 23.1. The third kappa shape index (κ3) is 3.29. The number of halogens is 2. The molecule has 0 saturated heterocycles. The van der Waals surface area contributed by atoms with Gasteiger partial charge in [-0.15, -0.1) is 0 Å². The van der Waals surface area contributed by atoms with Crippen LogP contribution in [0.1, 0.15) is 25.7 Å². The Labute approximate surface area is 120 Å². The molecule has 1 saturated carbocycles. The molecule has 1 aliphatic rings. The maximum atomic E-state index is 11.0. The number of hydrogen-bond acceptors (Lipinski definition) is 4. The van der Waals surface area contributed by atoms with Gasteiger partial charge in [0.2, 0.25) is 0 Å². The van der Waals surface area contributed by atoms with Crippen LogP contribution in [0.2, 0.25) is 10.0 Å². The van der Waals surface area contributed by atoms with E-state index in [2.05, 4.69) is 0 Å². The molecule has 0 amide bonds. The van der Waals surface area contributed by atoms with Crippen LogP contribution >= 0.6 is 23.2 Å². The molecule has 1 aliphatic carbocycles. The largest absolute Gasteiger partial charge is 0.481 e. The van der Waals surface area contributed by atoms with Gasteiger partial charge in [0.1, 0.15) is 6.10 Å². The zero-order valence-electron chi connectivity index (χ0n) is 10.0. The van der Waals surface area contributed by atoms with Gasteiger partial charge in [-0.3, -0.25) is 10.1 Å². The van der Waals surface area contributed by atoms with Crippen molar-refractivity contribution in [2.45, 2.75) is 37.9 Å². The third-order valence-corrected chi connectivity index (χ3v) is 3.87. The highest BCUT2D eigenvalue weighted by Gasteiger charge is 2.28. The van der Waals surface area contributed by atoms with Gasteiger partial charge >= 0.3 is 5.69 Å². The second-order valence-corrected chi connectivity index (χ2v) is 5.31. The van der Waals surface area contributed by atoms with Crippen LogP contribution in [0.3, 0.4) is 0 Å². The topological polar surface area (TPSA) is 72.6 Å². The molecule has 0 radical (unpaired) electrons. The second-order valence-electron chi connectivity index (χ2n) is 4.50. The fourth-order valence-corrected chi connectivity index (χ4v) is 2.44. The van der Waals surface area contributed by atoms with Crippen molar-refractivity contribution in [1.29, 1.82) is 0 Å². The van der Waals surface area contributed by atoms with Crippen LogP contribution in [0.25, 0.3) is 0 Å². The van der Waals surface area contributed by atoms with Gasteiger partial charge in [0.05, 0.1) is 21.1 Å². The molecule has 0 spiro atoms. The summed E-state index contributed by atoms with van der Waals surface area (Å²) in [6, 6.07) is 2.48. The lowest BCUT2D eigenvalue weighted by Gasteiger charge is -2.28. The van der Waals surface area contributed by atoms with E-state index in [1.54, 1.807) is 0 Å². The fourth-order valence-electron chi connectivity index (χ4n) is 2.13. The number of rotatable bonds is 3. The fraction of sp³-hybridized carbons (Fsp3) is 0.500. The van der Waals surface area contributed by atoms with E-state index in [0.717, 1.165) is 18.9 Å². The zero-order chi connectivity index (χ0) is 14.0. The molecule has 7 heteroatoms. The summed E-state index contributed by atoms with van der Waals surface area (Å²) in [6.07, 6.45) is 2.12. The monoisotopic (exact) mass is 305 g/mol. The molecule has 2 atom stereocenters. The van der Waals surface area contributed by atoms with E-state index < -0.39 is 17.1 Å². The van der Waals surface area contributed by atoms with Crippen molar-refractivity contribution >= 4 is 28.9 Å². The Kier molecular flexibility index (Phi) is 4.50. The van der Waals surface area contributed by atoms with E-state index in [-0.39, 0.29) is 21.5 Å². The summed E-state index contributed by atoms with van der Waals surface area (Å²) >= 11 is 11.6. The number of aliphatic hydroxyl groups excluding tert-OH is 1. The molecule has 0 bridgehead atoms. The lowest BCUT2D eigenvalue weighted by atomic mass is 9.95. The Bertz CT molecular complexity index is 495. The number of nitro groups is 1. The van der Waals surface area contributed by atoms with Crippen molar-refractivity contribution in [1.82, 2.24) is 0 Å². The maximum Gasteiger partial charge on any atom is 0.312 e. The van der Waals surface area contributed by atoms with Crippen LogP contribution in [0.5, 0.6) is 5.75 Å². The third-order valence-electron chi connectivity index (χ3n) is 3.14. The van der Waals surface area contributed by atoms with Crippen LogP contribution in [-0.2, 0) is 0 Å². The highest BCUT2D eigenvalue weighted by Crippen LogP contribution is 2.37. The van der Waals surface area contributed by atoms with Crippen molar-refractivity contribution in [3.05, 3.63) is 32.3 Å².